The van der Waals surface area contributed by atoms with Crippen LogP contribution in [0.25, 0.3) is 16.9 Å². The zero-order valence-corrected chi connectivity index (χ0v) is 26.1. The van der Waals surface area contributed by atoms with Crippen molar-refractivity contribution in [1.29, 1.82) is 0 Å². The van der Waals surface area contributed by atoms with Gasteiger partial charge < -0.3 is 37.2 Å². The fourth-order valence-electron chi connectivity index (χ4n) is 5.27. The zero-order chi connectivity index (χ0) is 30.9. The Balaban J connectivity index is 0.00000442. The predicted molar refractivity (Wildman–Crippen MR) is 159 cm³/mol. The quantitative estimate of drug-likeness (QED) is 0.285. The molecule has 2 amide bonds. The molecule has 0 saturated carbocycles. The van der Waals surface area contributed by atoms with Crippen molar-refractivity contribution in [3.63, 3.8) is 0 Å². The van der Waals surface area contributed by atoms with Gasteiger partial charge in [-0.2, -0.15) is 4.39 Å². The Morgan fingerprint density at radius 1 is 1.07 bits per heavy atom. The lowest BCUT2D eigenvalue weighted by molar-refractivity contribution is -0.862. The number of benzene rings is 2. The van der Waals surface area contributed by atoms with Gasteiger partial charge in [0.1, 0.15) is 0 Å². The monoisotopic (exact) mass is 627 g/mol. The standard InChI is InChI=1S/C31H35F2N7O3.ClH/c1-19-16-21(6-7-22(19)31(42)37-20-10-13-38(14-11-20)26(41)18-40(2,3)4)36-29-30-35-17-24(39(30)15-12-34-29)23-8-9-25(43-5)28(33)27(23)32;/h6-9,12,15-17,20H,10-11,13-14,18H2,1-5H3,(H-,34,36,37,42);1H. The average molecular weight is 628 g/mol. The van der Waals surface area contributed by atoms with Crippen LogP contribution in [0.4, 0.5) is 20.3 Å². The summed E-state index contributed by atoms with van der Waals surface area (Å²) in [5, 5.41) is 6.34. The first-order valence-corrected chi connectivity index (χ1v) is 14.1. The number of nitrogens with one attached hydrogen (secondary N) is 2. The molecule has 0 spiro atoms. The third-order valence-electron chi connectivity index (χ3n) is 7.50. The number of quaternary nitrogens is 1. The van der Waals surface area contributed by atoms with Crippen LogP contribution in [0.2, 0.25) is 0 Å². The molecule has 44 heavy (non-hydrogen) atoms. The summed E-state index contributed by atoms with van der Waals surface area (Å²) in [6.07, 6.45) is 6.03. The van der Waals surface area contributed by atoms with Crippen LogP contribution in [-0.2, 0) is 4.79 Å². The first-order valence-electron chi connectivity index (χ1n) is 14.1. The van der Waals surface area contributed by atoms with Gasteiger partial charge in [-0.05, 0) is 55.7 Å². The number of aryl methyl sites for hydroxylation is 1. The van der Waals surface area contributed by atoms with Crippen LogP contribution in [0.3, 0.4) is 0 Å². The van der Waals surface area contributed by atoms with Crippen LogP contribution in [0.15, 0.2) is 48.9 Å². The van der Waals surface area contributed by atoms with Gasteiger partial charge in [-0.15, -0.1) is 0 Å². The number of methoxy groups -OCH3 is 1. The first-order chi connectivity index (χ1) is 20.4. The minimum Gasteiger partial charge on any atom is -1.00 e. The molecule has 0 bridgehead atoms. The van der Waals surface area contributed by atoms with E-state index in [0.29, 0.717) is 65.4 Å². The topological polar surface area (TPSA) is 101 Å². The summed E-state index contributed by atoms with van der Waals surface area (Å²) in [6, 6.07) is 8.18. The van der Waals surface area contributed by atoms with Gasteiger partial charge in [0.15, 0.2) is 29.6 Å². The highest BCUT2D eigenvalue weighted by Crippen LogP contribution is 2.31. The van der Waals surface area contributed by atoms with E-state index in [4.69, 9.17) is 4.74 Å². The lowest BCUT2D eigenvalue weighted by atomic mass is 10.0. The van der Waals surface area contributed by atoms with E-state index < -0.39 is 11.6 Å². The normalized spacial score (nSPS) is 13.8. The number of anilines is 2. The highest BCUT2D eigenvalue weighted by Gasteiger charge is 2.27. The highest BCUT2D eigenvalue weighted by molar-refractivity contribution is 5.96. The number of hydrogen-bond acceptors (Lipinski definition) is 6. The number of piperidine rings is 1. The number of likely N-dealkylation sites (tertiary alicyclic amines) is 1. The van der Waals surface area contributed by atoms with Crippen molar-refractivity contribution in [2.75, 3.05) is 53.2 Å². The van der Waals surface area contributed by atoms with E-state index in [0.717, 1.165) is 5.56 Å². The van der Waals surface area contributed by atoms with Gasteiger partial charge in [0.2, 0.25) is 5.82 Å². The molecule has 1 aliphatic rings. The van der Waals surface area contributed by atoms with Crippen LogP contribution < -0.4 is 27.8 Å². The number of fused-ring (bicyclic) bond motifs is 1. The molecule has 1 aliphatic heterocycles. The number of amides is 2. The largest absolute Gasteiger partial charge is 1.00 e. The molecule has 3 heterocycles. The van der Waals surface area contributed by atoms with Gasteiger partial charge in [-0.25, -0.2) is 14.4 Å². The van der Waals surface area contributed by atoms with Gasteiger partial charge in [0.05, 0.1) is 40.1 Å². The molecule has 0 atom stereocenters. The highest BCUT2D eigenvalue weighted by atomic mass is 35.5. The van der Waals surface area contributed by atoms with Crippen molar-refractivity contribution < 1.29 is 40.0 Å². The molecule has 234 valence electrons. The number of carbonyl (C=O) groups excluding carboxylic acids is 2. The number of halogens is 3. The fourth-order valence-corrected chi connectivity index (χ4v) is 5.27. The van der Waals surface area contributed by atoms with E-state index in [9.17, 15) is 18.4 Å². The molecule has 0 radical (unpaired) electrons. The fraction of sp³-hybridized carbons (Fsp3) is 0.355. The van der Waals surface area contributed by atoms with E-state index in [1.54, 1.807) is 22.7 Å². The SMILES string of the molecule is COc1ccc(-c2cnc3c(Nc4ccc(C(=O)NC5CCN(C(=O)C[N+](C)(C)C)CC5)c(C)c4)nccn23)c(F)c1F.[Cl-]. The lowest BCUT2D eigenvalue weighted by Gasteiger charge is -2.34. The van der Waals surface area contributed by atoms with E-state index in [-0.39, 0.29) is 41.6 Å². The second-order valence-electron chi connectivity index (χ2n) is 11.8. The Morgan fingerprint density at radius 3 is 2.45 bits per heavy atom. The minimum absolute atomic E-state index is 0. The number of ether oxygens (including phenoxy) is 1. The molecule has 2 aromatic heterocycles. The Kier molecular flexibility index (Phi) is 9.75. The Hall–Kier alpha value is -4.29. The summed E-state index contributed by atoms with van der Waals surface area (Å²) in [5.41, 5.74) is 2.82. The molecule has 1 fully saturated rings. The maximum absolute atomic E-state index is 14.8. The molecule has 0 aliphatic carbocycles. The van der Waals surface area contributed by atoms with Crippen molar-refractivity contribution in [2.45, 2.75) is 25.8 Å². The lowest BCUT2D eigenvalue weighted by Crippen LogP contribution is -3.00. The molecule has 2 N–H and O–H groups in total. The summed E-state index contributed by atoms with van der Waals surface area (Å²) in [7, 11) is 7.26. The molecule has 1 saturated heterocycles. The number of likely N-dealkylation sites (N-methyl/N-ethyl adjacent to an activating group) is 1. The molecule has 10 nitrogen and oxygen atoms in total. The zero-order valence-electron chi connectivity index (χ0n) is 25.3. The molecule has 4 aromatic rings. The van der Waals surface area contributed by atoms with Gasteiger partial charge in [0.25, 0.3) is 11.8 Å². The van der Waals surface area contributed by atoms with Crippen LogP contribution in [0, 0.1) is 18.6 Å². The van der Waals surface area contributed by atoms with Crippen molar-refractivity contribution in [3.8, 4) is 17.0 Å². The van der Waals surface area contributed by atoms with Gasteiger partial charge >= 0.3 is 0 Å². The van der Waals surface area contributed by atoms with Crippen LogP contribution >= 0.6 is 0 Å². The first kappa shape index (κ1) is 32.6. The summed E-state index contributed by atoms with van der Waals surface area (Å²) in [5.74, 6) is -1.90. The average Bonchev–Trinajstić information content (AvgIpc) is 3.39. The van der Waals surface area contributed by atoms with Gasteiger partial charge in [-0.1, -0.05) is 0 Å². The van der Waals surface area contributed by atoms with Crippen molar-refractivity contribution in [3.05, 3.63) is 71.7 Å². The van der Waals surface area contributed by atoms with Gasteiger partial charge in [-0.3, -0.25) is 14.0 Å². The summed E-state index contributed by atoms with van der Waals surface area (Å²) in [4.78, 5) is 36.3. The smallest absolute Gasteiger partial charge is 0.277 e. The predicted octanol–water partition coefficient (Wildman–Crippen LogP) is 1.17. The van der Waals surface area contributed by atoms with E-state index in [1.165, 1.54) is 31.6 Å². The second-order valence-corrected chi connectivity index (χ2v) is 11.8. The van der Waals surface area contributed by atoms with Crippen LogP contribution in [0.5, 0.6) is 5.75 Å². The summed E-state index contributed by atoms with van der Waals surface area (Å²) in [6.45, 7) is 3.55. The van der Waals surface area contributed by atoms with Crippen LogP contribution in [-0.4, -0.2) is 89.5 Å². The van der Waals surface area contributed by atoms with E-state index in [1.807, 2.05) is 39.0 Å². The summed E-state index contributed by atoms with van der Waals surface area (Å²) >= 11 is 0. The maximum atomic E-state index is 14.8. The number of carbonyl (C=O) groups is 2. The Morgan fingerprint density at radius 2 is 1.80 bits per heavy atom. The maximum Gasteiger partial charge on any atom is 0.277 e. The molecule has 13 heteroatoms. The number of rotatable bonds is 8. The van der Waals surface area contributed by atoms with Gasteiger partial charge in [0, 0.05) is 48.3 Å². The Labute approximate surface area is 261 Å². The molecule has 0 unspecified atom stereocenters. The van der Waals surface area contributed by atoms with Crippen molar-refractivity contribution >= 4 is 29.0 Å². The van der Waals surface area contributed by atoms with Crippen molar-refractivity contribution in [1.82, 2.24) is 24.6 Å². The summed E-state index contributed by atoms with van der Waals surface area (Å²) < 4.78 is 36.3. The van der Waals surface area contributed by atoms with Crippen LogP contribution in [0.1, 0.15) is 28.8 Å². The third-order valence-corrected chi connectivity index (χ3v) is 7.50. The van der Waals surface area contributed by atoms with E-state index in [2.05, 4.69) is 20.6 Å². The third kappa shape index (κ3) is 6.92. The molecule has 5 rings (SSSR count). The number of hydrogen-bond donors (Lipinski definition) is 2. The second kappa shape index (κ2) is 13.1. The number of imidazole rings is 1. The Bertz CT molecular complexity index is 1680. The molecular formula is C31H36ClF2N7O3. The van der Waals surface area contributed by atoms with Crippen molar-refractivity contribution in [2.24, 2.45) is 0 Å². The van der Waals surface area contributed by atoms with E-state index >= 15 is 0 Å². The number of aromatic nitrogens is 3. The molecule has 2 aromatic carbocycles. The molecular weight excluding hydrogens is 592 g/mol. The minimum atomic E-state index is -1.07. The number of nitrogens with zero attached hydrogens (tertiary/aromatic N) is 5.